The summed E-state index contributed by atoms with van der Waals surface area (Å²) < 4.78 is 16.2. The summed E-state index contributed by atoms with van der Waals surface area (Å²) >= 11 is 1.16. The summed E-state index contributed by atoms with van der Waals surface area (Å²) in [7, 11) is 1.60. The highest BCUT2D eigenvalue weighted by atomic mass is 32.2. The van der Waals surface area contributed by atoms with Crippen LogP contribution in [-0.4, -0.2) is 42.7 Å². The second kappa shape index (κ2) is 9.02. The lowest BCUT2D eigenvalue weighted by molar-refractivity contribution is 0.0937. The highest BCUT2D eigenvalue weighted by molar-refractivity contribution is 7.99. The van der Waals surface area contributed by atoms with Crippen molar-refractivity contribution < 1.29 is 14.0 Å². The van der Waals surface area contributed by atoms with Gasteiger partial charge in [0.15, 0.2) is 10.9 Å². The van der Waals surface area contributed by atoms with Gasteiger partial charge in [-0.2, -0.15) is 0 Å². The van der Waals surface area contributed by atoms with Gasteiger partial charge in [-0.1, -0.05) is 24.6 Å². The van der Waals surface area contributed by atoms with E-state index in [0.717, 1.165) is 37.4 Å². The maximum Gasteiger partial charge on any atom is 0.262 e. The Morgan fingerprint density at radius 3 is 2.53 bits per heavy atom. The van der Waals surface area contributed by atoms with Crippen LogP contribution in [0.2, 0.25) is 0 Å². The summed E-state index contributed by atoms with van der Waals surface area (Å²) in [4.78, 5) is 38.3. The van der Waals surface area contributed by atoms with E-state index in [9.17, 15) is 18.8 Å². The van der Waals surface area contributed by atoms with Crippen molar-refractivity contribution in [3.05, 3.63) is 69.8 Å². The average molecular weight is 480 g/mol. The van der Waals surface area contributed by atoms with Gasteiger partial charge in [0, 0.05) is 24.2 Å². The minimum Gasteiger partial charge on any atom is -0.349 e. The Bertz CT molecular complexity index is 1470. The molecule has 1 aliphatic rings. The number of halogens is 1. The molecule has 2 heterocycles. The molecule has 1 N–H and O–H groups in total. The molecule has 34 heavy (non-hydrogen) atoms. The molecule has 4 aromatic rings. The number of benzene rings is 2. The first kappa shape index (κ1) is 22.3. The Balaban J connectivity index is 1.51. The molecule has 0 atom stereocenters. The lowest BCUT2D eigenvalue weighted by atomic mass is 10.1. The van der Waals surface area contributed by atoms with Crippen molar-refractivity contribution in [3.8, 4) is 0 Å². The molecule has 1 amide bonds. The first-order chi connectivity index (χ1) is 16.4. The van der Waals surface area contributed by atoms with Crippen LogP contribution in [0.1, 0.15) is 46.4 Å². The predicted octanol–water partition coefficient (Wildman–Crippen LogP) is 3.37. The van der Waals surface area contributed by atoms with Gasteiger partial charge in [-0.3, -0.25) is 23.4 Å². The van der Waals surface area contributed by atoms with Crippen molar-refractivity contribution in [2.45, 2.75) is 36.9 Å². The Hall–Kier alpha value is -3.53. The summed E-state index contributed by atoms with van der Waals surface area (Å²) in [5.74, 6) is -0.419. The van der Waals surface area contributed by atoms with E-state index in [2.05, 4.69) is 15.5 Å². The van der Waals surface area contributed by atoms with Crippen molar-refractivity contribution >= 4 is 40.1 Å². The number of Topliss-reactive ketones (excluding diaryl/α,β-unsaturated/α-hetero) is 1. The van der Waals surface area contributed by atoms with Crippen molar-refractivity contribution in [2.75, 3.05) is 5.75 Å². The zero-order valence-corrected chi connectivity index (χ0v) is 19.3. The van der Waals surface area contributed by atoms with Crippen LogP contribution in [0.15, 0.2) is 52.4 Å². The topological polar surface area (TPSA) is 98.4 Å². The number of hydrogen-bond acceptors (Lipinski definition) is 6. The third-order valence-electron chi connectivity index (χ3n) is 6.14. The third-order valence-corrected chi connectivity index (χ3v) is 7.07. The van der Waals surface area contributed by atoms with Crippen molar-refractivity contribution in [3.63, 3.8) is 0 Å². The molecule has 0 unspecified atom stereocenters. The van der Waals surface area contributed by atoms with Gasteiger partial charge in [0.1, 0.15) is 5.82 Å². The maximum atomic E-state index is 13.2. The van der Waals surface area contributed by atoms with E-state index >= 15 is 0 Å². The van der Waals surface area contributed by atoms with Gasteiger partial charge in [-0.05, 0) is 55.3 Å². The lowest BCUT2D eigenvalue weighted by Gasteiger charge is -2.13. The number of aromatic nitrogens is 4. The minimum atomic E-state index is -0.409. The number of aryl methyl sites for hydroxylation is 1. The number of rotatable bonds is 6. The van der Waals surface area contributed by atoms with Crippen molar-refractivity contribution in [2.24, 2.45) is 7.05 Å². The average Bonchev–Trinajstić information content (AvgIpc) is 3.51. The molecular weight excluding hydrogens is 457 g/mol. The largest absolute Gasteiger partial charge is 0.349 e. The Morgan fingerprint density at radius 2 is 1.79 bits per heavy atom. The SMILES string of the molecule is Cn1c(=O)c2ccc(C(=O)NC3CCCC3)cc2n2c(SCC(=O)c3ccc(F)cc3)nnc12. The van der Waals surface area contributed by atoms with Gasteiger partial charge in [0.05, 0.1) is 16.7 Å². The molecule has 8 nitrogen and oxygen atoms in total. The highest BCUT2D eigenvalue weighted by Gasteiger charge is 2.21. The van der Waals surface area contributed by atoms with Crippen LogP contribution in [0.5, 0.6) is 0 Å². The molecule has 0 aliphatic heterocycles. The van der Waals surface area contributed by atoms with Crippen LogP contribution in [0.25, 0.3) is 16.7 Å². The molecule has 1 aliphatic carbocycles. The van der Waals surface area contributed by atoms with E-state index < -0.39 is 5.82 Å². The monoisotopic (exact) mass is 479 g/mol. The zero-order valence-electron chi connectivity index (χ0n) is 18.5. The van der Waals surface area contributed by atoms with Crippen LogP contribution in [0, 0.1) is 5.82 Å². The molecule has 0 bridgehead atoms. The molecule has 1 saturated carbocycles. The molecule has 2 aromatic carbocycles. The molecule has 5 rings (SSSR count). The van der Waals surface area contributed by atoms with Gasteiger partial charge >= 0.3 is 0 Å². The van der Waals surface area contributed by atoms with Gasteiger partial charge in [0.25, 0.3) is 11.5 Å². The number of ketones is 1. The summed E-state index contributed by atoms with van der Waals surface area (Å²) in [5, 5.41) is 12.2. The van der Waals surface area contributed by atoms with Gasteiger partial charge in [0.2, 0.25) is 5.78 Å². The van der Waals surface area contributed by atoms with E-state index in [4.69, 9.17) is 0 Å². The first-order valence-electron chi connectivity index (χ1n) is 11.0. The van der Waals surface area contributed by atoms with E-state index in [1.54, 1.807) is 29.6 Å². The van der Waals surface area contributed by atoms with Crippen LogP contribution >= 0.6 is 11.8 Å². The molecule has 174 valence electrons. The standard InChI is InChI=1S/C24H22FN5O3S/c1-29-22(33)18-11-8-15(21(32)26-17-4-2-3-5-17)12-19(18)30-23(29)27-28-24(30)34-13-20(31)14-6-9-16(25)10-7-14/h6-12,17H,2-5,13H2,1H3,(H,26,32). The van der Waals surface area contributed by atoms with Crippen LogP contribution in [-0.2, 0) is 7.05 Å². The Kier molecular flexibility index (Phi) is 5.91. The number of hydrogen-bond donors (Lipinski definition) is 1. The maximum absolute atomic E-state index is 13.2. The number of nitrogens with one attached hydrogen (secondary N) is 1. The number of carbonyl (C=O) groups excluding carboxylic acids is 2. The first-order valence-corrected chi connectivity index (χ1v) is 12.0. The van der Waals surface area contributed by atoms with E-state index in [0.29, 0.717) is 33.0 Å². The second-order valence-corrected chi connectivity index (χ2v) is 9.33. The summed E-state index contributed by atoms with van der Waals surface area (Å²) in [5.41, 5.74) is 1.09. The quantitative estimate of drug-likeness (QED) is 0.336. The van der Waals surface area contributed by atoms with Gasteiger partial charge < -0.3 is 5.32 Å². The number of fused-ring (bicyclic) bond motifs is 3. The number of carbonyl (C=O) groups is 2. The molecule has 10 heteroatoms. The third kappa shape index (κ3) is 4.09. The fraction of sp³-hybridized carbons (Fsp3) is 0.292. The molecule has 0 radical (unpaired) electrons. The molecule has 2 aromatic heterocycles. The van der Waals surface area contributed by atoms with E-state index in [1.165, 1.54) is 28.8 Å². The Labute approximate surface area is 198 Å². The number of amides is 1. The summed E-state index contributed by atoms with van der Waals surface area (Å²) in [6.45, 7) is 0. The smallest absolute Gasteiger partial charge is 0.262 e. The molecule has 0 saturated heterocycles. The van der Waals surface area contributed by atoms with Gasteiger partial charge in [-0.15, -0.1) is 10.2 Å². The fourth-order valence-electron chi connectivity index (χ4n) is 4.28. The highest BCUT2D eigenvalue weighted by Crippen LogP contribution is 2.24. The zero-order chi connectivity index (χ0) is 23.8. The predicted molar refractivity (Wildman–Crippen MR) is 127 cm³/mol. The van der Waals surface area contributed by atoms with Crippen LogP contribution < -0.4 is 10.9 Å². The number of thioether (sulfide) groups is 1. The van der Waals surface area contributed by atoms with Gasteiger partial charge in [-0.25, -0.2) is 4.39 Å². The van der Waals surface area contributed by atoms with E-state index in [1.807, 2.05) is 0 Å². The summed E-state index contributed by atoms with van der Waals surface area (Å²) in [6.07, 6.45) is 4.16. The van der Waals surface area contributed by atoms with Crippen molar-refractivity contribution in [1.82, 2.24) is 24.5 Å². The minimum absolute atomic E-state index is 0.0542. The number of nitrogens with zero attached hydrogens (tertiary/aromatic N) is 4. The second-order valence-electron chi connectivity index (χ2n) is 8.39. The lowest BCUT2D eigenvalue weighted by Crippen LogP contribution is -2.32. The normalized spacial score (nSPS) is 14.2. The van der Waals surface area contributed by atoms with Crippen molar-refractivity contribution in [1.29, 1.82) is 0 Å². The summed E-state index contributed by atoms with van der Waals surface area (Å²) in [6, 6.07) is 10.5. The molecule has 1 fully saturated rings. The van der Waals surface area contributed by atoms with Crippen LogP contribution in [0.3, 0.4) is 0 Å². The van der Waals surface area contributed by atoms with Crippen LogP contribution in [0.4, 0.5) is 4.39 Å². The van der Waals surface area contributed by atoms with E-state index in [-0.39, 0.29) is 29.0 Å². The Morgan fingerprint density at radius 1 is 1.09 bits per heavy atom. The molecular formula is C24H22FN5O3S. The fourth-order valence-corrected chi connectivity index (χ4v) is 5.12. The molecule has 0 spiro atoms.